The zero-order valence-corrected chi connectivity index (χ0v) is 17.1. The maximum absolute atomic E-state index is 4.95. The van der Waals surface area contributed by atoms with Crippen LogP contribution in [0, 0.1) is 5.41 Å². The standard InChI is InChI=1S/C24H37N/c1-7-10-13-19-16-21(23(25-17-19)20(8-2)9-3)18(4)22-14-11-12-15-24(22,5)6/h14,16-17,20H,4,7-13,15H2,1-3,5-6H3. The van der Waals surface area contributed by atoms with Gasteiger partial charge in [-0.3, -0.25) is 4.98 Å². The molecule has 25 heavy (non-hydrogen) atoms. The van der Waals surface area contributed by atoms with Crippen LogP contribution in [0.3, 0.4) is 0 Å². The van der Waals surface area contributed by atoms with Crippen molar-refractivity contribution in [3.8, 4) is 0 Å². The number of aryl methyl sites for hydroxylation is 1. The van der Waals surface area contributed by atoms with Gasteiger partial charge in [-0.1, -0.05) is 53.7 Å². The molecule has 0 aromatic carbocycles. The van der Waals surface area contributed by atoms with Crippen molar-refractivity contribution >= 4 is 5.57 Å². The fourth-order valence-electron chi connectivity index (χ4n) is 4.16. The summed E-state index contributed by atoms with van der Waals surface area (Å²) in [4.78, 5) is 4.95. The zero-order valence-electron chi connectivity index (χ0n) is 17.1. The van der Waals surface area contributed by atoms with Gasteiger partial charge in [0.2, 0.25) is 0 Å². The zero-order chi connectivity index (χ0) is 18.4. The fraction of sp³-hybridized carbons (Fsp3) is 0.625. The van der Waals surface area contributed by atoms with Crippen molar-refractivity contribution in [2.45, 2.75) is 91.9 Å². The second-order valence-electron chi connectivity index (χ2n) is 8.27. The van der Waals surface area contributed by atoms with E-state index in [2.05, 4.69) is 59.5 Å². The number of allylic oxidation sites excluding steroid dienone is 3. The van der Waals surface area contributed by atoms with E-state index in [9.17, 15) is 0 Å². The third-order valence-corrected chi connectivity index (χ3v) is 5.90. The smallest absolute Gasteiger partial charge is 0.0512 e. The Morgan fingerprint density at radius 1 is 1.24 bits per heavy atom. The molecule has 1 heteroatoms. The van der Waals surface area contributed by atoms with Crippen LogP contribution in [0.15, 0.2) is 30.5 Å². The Morgan fingerprint density at radius 3 is 2.56 bits per heavy atom. The fourth-order valence-corrected chi connectivity index (χ4v) is 4.16. The van der Waals surface area contributed by atoms with Gasteiger partial charge in [0, 0.05) is 17.7 Å². The molecule has 0 N–H and O–H groups in total. The van der Waals surface area contributed by atoms with Crippen LogP contribution in [0.1, 0.15) is 102 Å². The van der Waals surface area contributed by atoms with E-state index in [-0.39, 0.29) is 5.41 Å². The van der Waals surface area contributed by atoms with E-state index in [1.165, 1.54) is 60.1 Å². The van der Waals surface area contributed by atoms with Crippen LogP contribution in [0.2, 0.25) is 0 Å². The molecule has 1 aliphatic rings. The molecule has 0 spiro atoms. The predicted molar refractivity (Wildman–Crippen MR) is 111 cm³/mol. The molecule has 0 radical (unpaired) electrons. The van der Waals surface area contributed by atoms with Crippen molar-refractivity contribution in [1.29, 1.82) is 0 Å². The lowest BCUT2D eigenvalue weighted by atomic mass is 9.71. The summed E-state index contributed by atoms with van der Waals surface area (Å²) >= 11 is 0. The Kier molecular flexibility index (Phi) is 7.04. The molecule has 0 atom stereocenters. The molecule has 0 saturated carbocycles. The first kappa shape index (κ1) is 19.9. The minimum absolute atomic E-state index is 0.222. The van der Waals surface area contributed by atoms with Crippen molar-refractivity contribution in [2.75, 3.05) is 0 Å². The van der Waals surface area contributed by atoms with Crippen molar-refractivity contribution in [3.63, 3.8) is 0 Å². The van der Waals surface area contributed by atoms with Gasteiger partial charge in [0.1, 0.15) is 0 Å². The second-order valence-corrected chi connectivity index (χ2v) is 8.27. The molecule has 1 aliphatic carbocycles. The molecule has 138 valence electrons. The summed E-state index contributed by atoms with van der Waals surface area (Å²) in [5, 5.41) is 0. The van der Waals surface area contributed by atoms with Crippen LogP contribution in [-0.4, -0.2) is 4.98 Å². The lowest BCUT2D eigenvalue weighted by molar-refractivity contribution is 0.388. The minimum Gasteiger partial charge on any atom is -0.260 e. The third kappa shape index (κ3) is 4.63. The number of aromatic nitrogens is 1. The van der Waals surface area contributed by atoms with E-state index in [0.29, 0.717) is 5.92 Å². The topological polar surface area (TPSA) is 12.9 Å². The van der Waals surface area contributed by atoms with Gasteiger partial charge >= 0.3 is 0 Å². The molecule has 0 saturated heterocycles. The Balaban J connectivity index is 2.47. The van der Waals surface area contributed by atoms with Crippen LogP contribution in [0.25, 0.3) is 5.57 Å². The van der Waals surface area contributed by atoms with Crippen molar-refractivity contribution in [3.05, 3.63) is 47.3 Å². The highest BCUT2D eigenvalue weighted by Gasteiger charge is 2.29. The van der Waals surface area contributed by atoms with Gasteiger partial charge in [0.15, 0.2) is 0 Å². The Hall–Kier alpha value is -1.37. The lowest BCUT2D eigenvalue weighted by Crippen LogP contribution is -2.20. The molecule has 1 nitrogen and oxygen atoms in total. The summed E-state index contributed by atoms with van der Waals surface area (Å²) in [6.45, 7) is 16.1. The van der Waals surface area contributed by atoms with Gasteiger partial charge in [-0.05, 0) is 73.1 Å². The predicted octanol–water partition coefficient (Wildman–Crippen LogP) is 7.48. The number of pyridine rings is 1. The van der Waals surface area contributed by atoms with E-state index >= 15 is 0 Å². The summed E-state index contributed by atoms with van der Waals surface area (Å²) < 4.78 is 0. The molecular weight excluding hydrogens is 302 g/mol. The molecule has 1 aromatic rings. The molecule has 1 heterocycles. The number of unbranched alkanes of at least 4 members (excludes halogenated alkanes) is 1. The highest BCUT2D eigenvalue weighted by molar-refractivity contribution is 5.80. The van der Waals surface area contributed by atoms with Gasteiger partial charge in [-0.25, -0.2) is 0 Å². The van der Waals surface area contributed by atoms with Gasteiger partial charge in [-0.2, -0.15) is 0 Å². The highest BCUT2D eigenvalue weighted by atomic mass is 14.7. The summed E-state index contributed by atoms with van der Waals surface area (Å²) in [6, 6.07) is 2.39. The summed E-state index contributed by atoms with van der Waals surface area (Å²) in [7, 11) is 0. The number of rotatable bonds is 8. The summed E-state index contributed by atoms with van der Waals surface area (Å²) in [6.07, 6.45) is 14.1. The third-order valence-electron chi connectivity index (χ3n) is 5.90. The van der Waals surface area contributed by atoms with Crippen molar-refractivity contribution < 1.29 is 0 Å². The van der Waals surface area contributed by atoms with Crippen LogP contribution < -0.4 is 0 Å². The van der Waals surface area contributed by atoms with Crippen LogP contribution in [0.4, 0.5) is 0 Å². The molecule has 0 unspecified atom stereocenters. The molecule has 2 rings (SSSR count). The summed E-state index contributed by atoms with van der Waals surface area (Å²) in [5.41, 5.74) is 6.82. The number of hydrogen-bond acceptors (Lipinski definition) is 1. The van der Waals surface area contributed by atoms with E-state index in [4.69, 9.17) is 4.98 Å². The Labute approximate surface area is 155 Å². The monoisotopic (exact) mass is 339 g/mol. The maximum atomic E-state index is 4.95. The van der Waals surface area contributed by atoms with E-state index in [1.807, 2.05) is 0 Å². The highest BCUT2D eigenvalue weighted by Crippen LogP contribution is 2.44. The average molecular weight is 340 g/mol. The first-order valence-electron chi connectivity index (χ1n) is 10.3. The quantitative estimate of drug-likeness (QED) is 0.478. The molecule has 0 aliphatic heterocycles. The Morgan fingerprint density at radius 2 is 1.96 bits per heavy atom. The molecule has 0 amide bonds. The largest absolute Gasteiger partial charge is 0.260 e. The first-order chi connectivity index (χ1) is 11.9. The lowest BCUT2D eigenvalue weighted by Gasteiger charge is -2.34. The molecule has 0 fully saturated rings. The number of nitrogens with zero attached hydrogens (tertiary/aromatic N) is 1. The minimum atomic E-state index is 0.222. The molecule has 0 bridgehead atoms. The Bertz CT molecular complexity index is 617. The van der Waals surface area contributed by atoms with Crippen LogP contribution in [0.5, 0.6) is 0 Å². The average Bonchev–Trinajstić information content (AvgIpc) is 2.60. The van der Waals surface area contributed by atoms with Crippen LogP contribution in [-0.2, 0) is 6.42 Å². The molecule has 1 aromatic heterocycles. The van der Waals surface area contributed by atoms with Gasteiger partial charge in [0.05, 0.1) is 5.69 Å². The first-order valence-corrected chi connectivity index (χ1v) is 10.3. The number of hydrogen-bond donors (Lipinski definition) is 0. The van der Waals surface area contributed by atoms with Crippen molar-refractivity contribution in [2.24, 2.45) is 5.41 Å². The normalized spacial score (nSPS) is 16.8. The van der Waals surface area contributed by atoms with Crippen molar-refractivity contribution in [1.82, 2.24) is 4.98 Å². The molecular formula is C24H37N. The van der Waals surface area contributed by atoms with E-state index in [0.717, 1.165) is 19.3 Å². The van der Waals surface area contributed by atoms with E-state index in [1.54, 1.807) is 0 Å². The van der Waals surface area contributed by atoms with Gasteiger partial charge in [0.25, 0.3) is 0 Å². The maximum Gasteiger partial charge on any atom is 0.0512 e. The SMILES string of the molecule is C=C(C1=CCCCC1(C)C)c1cc(CCCC)cnc1C(CC)CC. The van der Waals surface area contributed by atoms with Gasteiger partial charge in [-0.15, -0.1) is 0 Å². The van der Waals surface area contributed by atoms with E-state index < -0.39 is 0 Å². The van der Waals surface area contributed by atoms with Gasteiger partial charge < -0.3 is 0 Å². The summed E-state index contributed by atoms with van der Waals surface area (Å²) in [5.74, 6) is 0.527. The van der Waals surface area contributed by atoms with Crippen LogP contribution >= 0.6 is 0 Å². The second kappa shape index (κ2) is 8.83.